The van der Waals surface area contributed by atoms with Gasteiger partial charge in [0.05, 0.1) is 16.8 Å². The number of amides is 1. The van der Waals surface area contributed by atoms with E-state index in [4.69, 9.17) is 19.6 Å². The van der Waals surface area contributed by atoms with E-state index in [2.05, 4.69) is 15.2 Å². The minimum atomic E-state index is -0.825. The maximum Gasteiger partial charge on any atom is 0.358 e. The number of carbonyl (C=O) groups is 3. The summed E-state index contributed by atoms with van der Waals surface area (Å²) >= 11 is 1.44. The molecule has 11 heteroatoms. The summed E-state index contributed by atoms with van der Waals surface area (Å²) in [5.41, 5.74) is 5.10. The van der Waals surface area contributed by atoms with Crippen LogP contribution in [0.3, 0.4) is 0 Å². The molecule has 258 valence electrons. The predicted octanol–water partition coefficient (Wildman–Crippen LogP) is 8.07. The fourth-order valence-electron chi connectivity index (χ4n) is 6.03. The number of aliphatic carboxylic acids is 1. The molecule has 0 saturated carbocycles. The molecular weight excluding hydrogens is 653 g/mol. The summed E-state index contributed by atoms with van der Waals surface area (Å²) in [4.78, 5) is 49.8. The second kappa shape index (κ2) is 14.7. The van der Waals surface area contributed by atoms with Crippen LogP contribution in [0, 0.1) is 6.92 Å². The number of thiazole rings is 1. The molecule has 6 rings (SSSR count). The van der Waals surface area contributed by atoms with Crippen molar-refractivity contribution in [2.75, 3.05) is 23.4 Å². The Morgan fingerprint density at radius 2 is 1.74 bits per heavy atom. The number of pyridine rings is 1. The van der Waals surface area contributed by atoms with Crippen LogP contribution in [0.5, 0.6) is 5.75 Å². The maximum atomic E-state index is 13.7. The molecule has 0 aliphatic carbocycles. The molecule has 2 aromatic heterocycles. The molecule has 0 fully saturated rings. The van der Waals surface area contributed by atoms with Gasteiger partial charge < -0.3 is 19.5 Å². The number of benzene rings is 3. The number of nitrogens with one attached hydrogen (secondary N) is 1. The van der Waals surface area contributed by atoms with Gasteiger partial charge in [-0.15, -0.1) is 0 Å². The van der Waals surface area contributed by atoms with E-state index in [0.29, 0.717) is 66.8 Å². The number of ether oxygens (including phenoxy) is 2. The highest BCUT2D eigenvalue weighted by molar-refractivity contribution is 7.22. The van der Waals surface area contributed by atoms with Gasteiger partial charge in [0.2, 0.25) is 0 Å². The second-order valence-electron chi connectivity index (χ2n) is 13.3. The Bertz CT molecular complexity index is 2030. The monoisotopic (exact) mass is 692 g/mol. The third-order valence-electron chi connectivity index (χ3n) is 8.45. The lowest BCUT2D eigenvalue weighted by molar-refractivity contribution is -0.137. The first kappa shape index (κ1) is 34.6. The maximum absolute atomic E-state index is 13.7. The van der Waals surface area contributed by atoms with Gasteiger partial charge in [0, 0.05) is 30.6 Å². The molecule has 1 aliphatic rings. The van der Waals surface area contributed by atoms with Gasteiger partial charge in [-0.1, -0.05) is 47.7 Å². The average Bonchev–Trinajstić information content (AvgIpc) is 3.49. The molecule has 0 spiro atoms. The van der Waals surface area contributed by atoms with Gasteiger partial charge in [-0.3, -0.25) is 14.9 Å². The molecule has 0 bridgehead atoms. The van der Waals surface area contributed by atoms with Crippen molar-refractivity contribution in [2.45, 2.75) is 65.5 Å². The van der Waals surface area contributed by atoms with Crippen molar-refractivity contribution in [1.29, 1.82) is 0 Å². The van der Waals surface area contributed by atoms with Crippen LogP contribution in [0.1, 0.15) is 77.6 Å². The third kappa shape index (κ3) is 7.94. The van der Waals surface area contributed by atoms with Crippen molar-refractivity contribution < 1.29 is 29.0 Å². The quantitative estimate of drug-likeness (QED) is 0.104. The number of esters is 1. The van der Waals surface area contributed by atoms with Crippen LogP contribution in [0.4, 0.5) is 10.9 Å². The van der Waals surface area contributed by atoms with Crippen molar-refractivity contribution >= 4 is 50.3 Å². The molecule has 3 heterocycles. The molecule has 10 nitrogen and oxygen atoms in total. The van der Waals surface area contributed by atoms with Crippen LogP contribution in [-0.2, 0) is 22.5 Å². The number of carboxylic acids is 1. The number of hydrogen-bond acceptors (Lipinski definition) is 9. The summed E-state index contributed by atoms with van der Waals surface area (Å²) < 4.78 is 12.9. The summed E-state index contributed by atoms with van der Waals surface area (Å²) in [7, 11) is 0. The van der Waals surface area contributed by atoms with Crippen molar-refractivity contribution in [3.63, 3.8) is 0 Å². The van der Waals surface area contributed by atoms with Crippen molar-refractivity contribution in [1.82, 2.24) is 9.97 Å². The Hall–Kier alpha value is -5.29. The SMILES string of the molecule is Cc1c(OCCCCC(=O)O)cccc1-c1ccc(N2CCc3cccc(C(=O)Nc4nc5ccccc5s4)c3C2)nc1C(=O)OC(C)(C)C. The van der Waals surface area contributed by atoms with E-state index < -0.39 is 17.5 Å². The van der Waals surface area contributed by atoms with E-state index in [1.54, 1.807) is 0 Å². The van der Waals surface area contributed by atoms with Crippen LogP contribution in [0.25, 0.3) is 21.3 Å². The molecule has 0 saturated heterocycles. The zero-order valence-electron chi connectivity index (χ0n) is 28.6. The van der Waals surface area contributed by atoms with Crippen LogP contribution in [0.15, 0.2) is 72.8 Å². The number of aromatic nitrogens is 2. The highest BCUT2D eigenvalue weighted by Crippen LogP contribution is 2.35. The number of carbonyl (C=O) groups excluding carboxylic acids is 2. The summed E-state index contributed by atoms with van der Waals surface area (Å²) in [6.07, 6.45) is 1.94. The molecule has 0 unspecified atom stereocenters. The molecule has 3 aromatic carbocycles. The third-order valence-corrected chi connectivity index (χ3v) is 9.40. The Balaban J connectivity index is 1.28. The second-order valence-corrected chi connectivity index (χ2v) is 14.3. The van der Waals surface area contributed by atoms with Crippen molar-refractivity contribution in [3.05, 3.63) is 101 Å². The fraction of sp³-hybridized carbons (Fsp3) is 0.308. The summed E-state index contributed by atoms with van der Waals surface area (Å²) in [6.45, 7) is 8.86. The number of fused-ring (bicyclic) bond motifs is 2. The van der Waals surface area contributed by atoms with E-state index in [1.165, 1.54) is 11.3 Å². The molecule has 0 radical (unpaired) electrons. The first-order chi connectivity index (χ1) is 24.0. The summed E-state index contributed by atoms with van der Waals surface area (Å²) in [6, 6.07) is 23.0. The molecule has 1 amide bonds. The Kier molecular flexibility index (Phi) is 10.1. The summed E-state index contributed by atoms with van der Waals surface area (Å²) in [5, 5.41) is 12.5. The van der Waals surface area contributed by atoms with Crippen LogP contribution in [0.2, 0.25) is 0 Å². The largest absolute Gasteiger partial charge is 0.493 e. The lowest BCUT2D eigenvalue weighted by Gasteiger charge is -2.31. The highest BCUT2D eigenvalue weighted by atomic mass is 32.1. The smallest absolute Gasteiger partial charge is 0.358 e. The van der Waals surface area contributed by atoms with Gasteiger partial charge in [0.1, 0.15) is 17.2 Å². The highest BCUT2D eigenvalue weighted by Gasteiger charge is 2.28. The van der Waals surface area contributed by atoms with Crippen molar-refractivity contribution in [2.24, 2.45) is 0 Å². The Morgan fingerprint density at radius 1 is 0.940 bits per heavy atom. The minimum absolute atomic E-state index is 0.0981. The zero-order chi connectivity index (χ0) is 35.4. The number of rotatable bonds is 11. The molecular formula is C39H40N4O6S. The van der Waals surface area contributed by atoms with Gasteiger partial charge in [-0.2, -0.15) is 0 Å². The number of para-hydroxylation sites is 1. The van der Waals surface area contributed by atoms with E-state index in [-0.39, 0.29) is 18.0 Å². The van der Waals surface area contributed by atoms with E-state index >= 15 is 0 Å². The lowest BCUT2D eigenvalue weighted by atomic mass is 9.94. The molecule has 0 atom stereocenters. The number of carboxylic acid groups (broad SMARTS) is 1. The van der Waals surface area contributed by atoms with Gasteiger partial charge >= 0.3 is 11.9 Å². The van der Waals surface area contributed by atoms with Gasteiger partial charge in [-0.25, -0.2) is 14.8 Å². The predicted molar refractivity (Wildman–Crippen MR) is 195 cm³/mol. The number of anilines is 2. The van der Waals surface area contributed by atoms with E-state index in [1.807, 2.05) is 100 Å². The van der Waals surface area contributed by atoms with Crippen LogP contribution < -0.4 is 15.0 Å². The first-order valence-electron chi connectivity index (χ1n) is 16.7. The number of hydrogen-bond donors (Lipinski definition) is 2. The topological polar surface area (TPSA) is 131 Å². The first-order valence-corrected chi connectivity index (χ1v) is 17.5. The van der Waals surface area contributed by atoms with Crippen LogP contribution in [-0.4, -0.2) is 51.7 Å². The number of unbranched alkanes of at least 4 members (excludes halogenated alkanes) is 1. The normalized spacial score (nSPS) is 12.8. The Morgan fingerprint density at radius 3 is 2.52 bits per heavy atom. The Labute approximate surface area is 295 Å². The fourth-order valence-corrected chi connectivity index (χ4v) is 6.89. The van der Waals surface area contributed by atoms with Gasteiger partial charge in [0.15, 0.2) is 10.8 Å². The zero-order valence-corrected chi connectivity index (χ0v) is 29.4. The molecule has 2 N–H and O–H groups in total. The standard InChI is InChI=1S/C39H40N4O6S/c1-24-26(12-10-15-31(24)48-22-8-7-17-34(44)45)27-18-19-33(41-35(27)37(47)49-39(2,3)4)43-21-20-25-11-9-13-28(29(25)23-43)36(46)42-38-40-30-14-5-6-16-32(30)50-38/h5-6,9-16,18-19H,7-8,17,20-23H2,1-4H3,(H,44,45)(H,40,42,46). The van der Waals surface area contributed by atoms with E-state index in [9.17, 15) is 14.4 Å². The average molecular weight is 693 g/mol. The van der Waals surface area contributed by atoms with Gasteiger partial charge in [-0.05, 0) is 106 Å². The minimum Gasteiger partial charge on any atom is -0.493 e. The summed E-state index contributed by atoms with van der Waals surface area (Å²) in [5.74, 6) is -0.331. The molecule has 50 heavy (non-hydrogen) atoms. The van der Waals surface area contributed by atoms with Crippen LogP contribution >= 0.6 is 11.3 Å². The number of nitrogens with zero attached hydrogens (tertiary/aromatic N) is 3. The molecule has 5 aromatic rings. The van der Waals surface area contributed by atoms with E-state index in [0.717, 1.165) is 32.5 Å². The van der Waals surface area contributed by atoms with Crippen molar-refractivity contribution in [3.8, 4) is 16.9 Å². The van der Waals surface area contributed by atoms with Gasteiger partial charge in [0.25, 0.3) is 5.91 Å². The lowest BCUT2D eigenvalue weighted by Crippen LogP contribution is -2.33. The molecule has 1 aliphatic heterocycles.